The summed E-state index contributed by atoms with van der Waals surface area (Å²) in [6.45, 7) is 1.98. The lowest BCUT2D eigenvalue weighted by atomic mass is 9.94. The third-order valence-electron chi connectivity index (χ3n) is 2.63. The largest absolute Gasteiger partial charge is 0.381 e. The van der Waals surface area contributed by atoms with Gasteiger partial charge >= 0.3 is 0 Å². The average molecular weight is 141 g/mol. The highest BCUT2D eigenvalue weighted by Gasteiger charge is 2.38. The van der Waals surface area contributed by atoms with E-state index in [9.17, 15) is 0 Å². The Hall–Kier alpha value is -0.0800. The van der Waals surface area contributed by atoms with Crippen molar-refractivity contribution in [3.05, 3.63) is 0 Å². The fraction of sp³-hybridized carbons (Fsp3) is 1.00. The first kappa shape index (κ1) is 6.62. The van der Waals surface area contributed by atoms with Gasteiger partial charge in [-0.2, -0.15) is 0 Å². The van der Waals surface area contributed by atoms with E-state index >= 15 is 0 Å². The van der Waals surface area contributed by atoms with Gasteiger partial charge in [-0.25, -0.2) is 0 Å². The van der Waals surface area contributed by atoms with Crippen LogP contribution in [0.25, 0.3) is 0 Å². The van der Waals surface area contributed by atoms with Crippen LogP contribution in [0.2, 0.25) is 0 Å². The predicted molar refractivity (Wildman–Crippen MR) is 39.9 cm³/mol. The van der Waals surface area contributed by atoms with Crippen LogP contribution >= 0.6 is 0 Å². The number of nitrogens with one attached hydrogen (secondary N) is 1. The molecule has 10 heavy (non-hydrogen) atoms. The van der Waals surface area contributed by atoms with Gasteiger partial charge in [0.05, 0.1) is 13.2 Å². The maximum absolute atomic E-state index is 5.16. The van der Waals surface area contributed by atoms with E-state index in [4.69, 9.17) is 4.74 Å². The van der Waals surface area contributed by atoms with Crippen LogP contribution in [0.15, 0.2) is 0 Å². The predicted octanol–water partition coefficient (Wildman–Crippen LogP) is 0.631. The number of hydrogen-bond donors (Lipinski definition) is 1. The average Bonchev–Trinajstić information content (AvgIpc) is 2.58. The lowest BCUT2D eigenvalue weighted by Crippen LogP contribution is -2.46. The van der Waals surface area contributed by atoms with E-state index in [1.54, 1.807) is 0 Å². The molecule has 1 heterocycles. The summed E-state index contributed by atoms with van der Waals surface area (Å²) in [5.74, 6) is 1.79. The molecule has 1 aliphatic heterocycles. The minimum atomic E-state index is 0.758. The molecular formula is C8H15NO. The van der Waals surface area contributed by atoms with Crippen LogP contribution < -0.4 is 5.32 Å². The lowest BCUT2D eigenvalue weighted by molar-refractivity contribution is -0.0519. The third kappa shape index (κ3) is 1.06. The van der Waals surface area contributed by atoms with Crippen molar-refractivity contribution >= 4 is 0 Å². The van der Waals surface area contributed by atoms with Crippen molar-refractivity contribution in [3.63, 3.8) is 0 Å². The van der Waals surface area contributed by atoms with Crippen molar-refractivity contribution in [2.75, 3.05) is 20.3 Å². The SMILES string of the molecule is CNC(C1CC1)C1COC1. The van der Waals surface area contributed by atoms with Gasteiger partial charge in [-0.3, -0.25) is 0 Å². The van der Waals surface area contributed by atoms with Gasteiger partial charge in [-0.05, 0) is 25.8 Å². The maximum atomic E-state index is 5.16. The maximum Gasteiger partial charge on any atom is 0.0531 e. The quantitative estimate of drug-likeness (QED) is 0.622. The molecule has 1 unspecified atom stereocenters. The van der Waals surface area contributed by atoms with Crippen molar-refractivity contribution in [2.24, 2.45) is 11.8 Å². The second kappa shape index (κ2) is 2.51. The van der Waals surface area contributed by atoms with Crippen molar-refractivity contribution in [2.45, 2.75) is 18.9 Å². The van der Waals surface area contributed by atoms with Gasteiger partial charge in [0.2, 0.25) is 0 Å². The van der Waals surface area contributed by atoms with Crippen molar-refractivity contribution < 1.29 is 4.74 Å². The molecule has 1 N–H and O–H groups in total. The zero-order valence-corrected chi connectivity index (χ0v) is 6.47. The van der Waals surface area contributed by atoms with Crippen molar-refractivity contribution in [3.8, 4) is 0 Å². The Morgan fingerprint density at radius 1 is 1.30 bits per heavy atom. The molecule has 58 valence electrons. The molecule has 1 atom stereocenters. The number of rotatable bonds is 3. The van der Waals surface area contributed by atoms with Gasteiger partial charge in [-0.1, -0.05) is 0 Å². The minimum Gasteiger partial charge on any atom is -0.381 e. The summed E-state index contributed by atoms with van der Waals surface area (Å²) in [6, 6.07) is 0.758. The number of hydrogen-bond acceptors (Lipinski definition) is 2. The molecule has 1 saturated heterocycles. The first-order valence-corrected chi connectivity index (χ1v) is 4.17. The first-order valence-electron chi connectivity index (χ1n) is 4.17. The normalized spacial score (nSPS) is 29.7. The standard InChI is InChI=1S/C8H15NO/c1-9-8(6-2-3-6)7-4-10-5-7/h6-9H,2-5H2,1H3. The van der Waals surface area contributed by atoms with Gasteiger partial charge in [0, 0.05) is 12.0 Å². The molecule has 0 aromatic carbocycles. The highest BCUT2D eigenvalue weighted by Crippen LogP contribution is 2.37. The topological polar surface area (TPSA) is 21.3 Å². The highest BCUT2D eigenvalue weighted by atomic mass is 16.5. The molecule has 2 aliphatic rings. The molecule has 1 aliphatic carbocycles. The molecule has 0 bridgehead atoms. The van der Waals surface area contributed by atoms with Gasteiger partial charge in [0.25, 0.3) is 0 Å². The van der Waals surface area contributed by atoms with Gasteiger partial charge < -0.3 is 10.1 Å². The first-order chi connectivity index (χ1) is 4.92. The van der Waals surface area contributed by atoms with Gasteiger partial charge in [0.1, 0.15) is 0 Å². The Balaban J connectivity index is 1.84. The fourth-order valence-corrected chi connectivity index (χ4v) is 1.77. The highest BCUT2D eigenvalue weighted by molar-refractivity contribution is 4.92. The molecule has 1 saturated carbocycles. The second-order valence-electron chi connectivity index (χ2n) is 3.45. The third-order valence-corrected chi connectivity index (χ3v) is 2.63. The Morgan fingerprint density at radius 3 is 2.30 bits per heavy atom. The molecule has 0 radical (unpaired) electrons. The summed E-state index contributed by atoms with van der Waals surface area (Å²) in [5.41, 5.74) is 0. The number of ether oxygens (including phenoxy) is 1. The van der Waals surface area contributed by atoms with Crippen LogP contribution in [0.3, 0.4) is 0 Å². The van der Waals surface area contributed by atoms with Crippen molar-refractivity contribution in [1.82, 2.24) is 5.32 Å². The van der Waals surface area contributed by atoms with E-state index in [0.717, 1.165) is 31.1 Å². The Kier molecular flexibility index (Phi) is 1.66. The molecule has 0 spiro atoms. The molecule has 2 rings (SSSR count). The smallest absolute Gasteiger partial charge is 0.0531 e. The van der Waals surface area contributed by atoms with Crippen LogP contribution in [0.1, 0.15) is 12.8 Å². The second-order valence-corrected chi connectivity index (χ2v) is 3.45. The van der Waals surface area contributed by atoms with E-state index in [1.165, 1.54) is 12.8 Å². The Labute approximate surface area is 61.9 Å². The molecule has 2 fully saturated rings. The monoisotopic (exact) mass is 141 g/mol. The summed E-state index contributed by atoms with van der Waals surface area (Å²) in [5, 5.41) is 3.39. The van der Waals surface area contributed by atoms with Gasteiger partial charge in [-0.15, -0.1) is 0 Å². The summed E-state index contributed by atoms with van der Waals surface area (Å²) in [7, 11) is 2.07. The van der Waals surface area contributed by atoms with Crippen LogP contribution in [-0.2, 0) is 4.74 Å². The van der Waals surface area contributed by atoms with Crippen molar-refractivity contribution in [1.29, 1.82) is 0 Å². The van der Waals surface area contributed by atoms with E-state index < -0.39 is 0 Å². The zero-order valence-electron chi connectivity index (χ0n) is 6.47. The summed E-state index contributed by atoms with van der Waals surface area (Å²) in [6.07, 6.45) is 2.87. The zero-order chi connectivity index (χ0) is 6.97. The Morgan fingerprint density at radius 2 is 2.00 bits per heavy atom. The minimum absolute atomic E-state index is 0.758. The Bertz CT molecular complexity index is 118. The summed E-state index contributed by atoms with van der Waals surface area (Å²) >= 11 is 0. The van der Waals surface area contributed by atoms with E-state index in [1.807, 2.05) is 0 Å². The molecule has 0 aromatic heterocycles. The molecule has 2 heteroatoms. The van der Waals surface area contributed by atoms with Crippen LogP contribution in [0.5, 0.6) is 0 Å². The van der Waals surface area contributed by atoms with E-state index in [2.05, 4.69) is 12.4 Å². The van der Waals surface area contributed by atoms with Crippen LogP contribution in [-0.4, -0.2) is 26.3 Å². The fourth-order valence-electron chi connectivity index (χ4n) is 1.77. The van der Waals surface area contributed by atoms with Gasteiger partial charge in [0.15, 0.2) is 0 Å². The summed E-state index contributed by atoms with van der Waals surface area (Å²) in [4.78, 5) is 0. The summed E-state index contributed by atoms with van der Waals surface area (Å²) < 4.78 is 5.16. The van der Waals surface area contributed by atoms with E-state index in [0.29, 0.717) is 0 Å². The molecule has 2 nitrogen and oxygen atoms in total. The molecule has 0 aromatic rings. The van der Waals surface area contributed by atoms with Crippen LogP contribution in [0, 0.1) is 11.8 Å². The van der Waals surface area contributed by atoms with Crippen LogP contribution in [0.4, 0.5) is 0 Å². The van der Waals surface area contributed by atoms with E-state index in [-0.39, 0.29) is 0 Å². The lowest BCUT2D eigenvalue weighted by Gasteiger charge is -2.33. The molecular weight excluding hydrogens is 126 g/mol. The molecule has 0 amide bonds.